The van der Waals surface area contributed by atoms with Gasteiger partial charge in [0.15, 0.2) is 0 Å². The first-order chi connectivity index (χ1) is 5.75. The van der Waals surface area contributed by atoms with Crippen LogP contribution in [-0.2, 0) is 13.5 Å². The summed E-state index contributed by atoms with van der Waals surface area (Å²) in [6.45, 7) is 2.89. The Hall–Kier alpha value is -0.830. The molecule has 2 N–H and O–H groups in total. The number of nitrogens with zero attached hydrogens (tertiary/aromatic N) is 2. The summed E-state index contributed by atoms with van der Waals surface area (Å²) in [7, 11) is 1.97. The molecule has 1 aromatic heterocycles. The second-order valence-corrected chi connectivity index (χ2v) is 3.12. The van der Waals surface area contributed by atoms with E-state index in [1.165, 1.54) is 17.7 Å². The topological polar surface area (TPSA) is 43.8 Å². The van der Waals surface area contributed by atoms with Gasteiger partial charge in [-0.05, 0) is 38.3 Å². The maximum atomic E-state index is 5.42. The summed E-state index contributed by atoms with van der Waals surface area (Å²) in [5.41, 5.74) is 8.04. The van der Waals surface area contributed by atoms with Crippen LogP contribution in [0.1, 0.15) is 24.1 Å². The molecule has 0 unspecified atom stereocenters. The van der Waals surface area contributed by atoms with Gasteiger partial charge in [-0.1, -0.05) is 0 Å². The van der Waals surface area contributed by atoms with Crippen molar-refractivity contribution in [3.8, 4) is 0 Å². The van der Waals surface area contributed by atoms with Gasteiger partial charge in [0.2, 0.25) is 0 Å². The van der Waals surface area contributed by atoms with Crippen LogP contribution >= 0.6 is 0 Å². The van der Waals surface area contributed by atoms with Gasteiger partial charge in [0.25, 0.3) is 0 Å². The standard InChI is InChI=1S/C9H17N3/c1-8-9(5-3-4-6-10)7-11-12(8)2/h7H,3-6,10H2,1-2H3. The highest BCUT2D eigenvalue weighted by Crippen LogP contribution is 2.08. The van der Waals surface area contributed by atoms with Crippen molar-refractivity contribution >= 4 is 0 Å². The zero-order valence-corrected chi connectivity index (χ0v) is 7.88. The van der Waals surface area contributed by atoms with E-state index < -0.39 is 0 Å². The fraction of sp³-hybridized carbons (Fsp3) is 0.667. The number of aryl methyl sites for hydroxylation is 2. The zero-order valence-electron chi connectivity index (χ0n) is 7.88. The Balaban J connectivity index is 2.46. The molecule has 0 atom stereocenters. The molecule has 1 rings (SSSR count). The van der Waals surface area contributed by atoms with E-state index >= 15 is 0 Å². The average Bonchev–Trinajstić information content (AvgIpc) is 2.36. The van der Waals surface area contributed by atoms with E-state index in [9.17, 15) is 0 Å². The van der Waals surface area contributed by atoms with E-state index in [2.05, 4.69) is 12.0 Å². The summed E-state index contributed by atoms with van der Waals surface area (Å²) < 4.78 is 1.91. The van der Waals surface area contributed by atoms with Gasteiger partial charge in [0, 0.05) is 12.7 Å². The molecule has 0 aliphatic carbocycles. The van der Waals surface area contributed by atoms with E-state index in [4.69, 9.17) is 5.73 Å². The fourth-order valence-electron chi connectivity index (χ4n) is 1.25. The third-order valence-electron chi connectivity index (χ3n) is 2.24. The van der Waals surface area contributed by atoms with E-state index in [0.29, 0.717) is 0 Å². The van der Waals surface area contributed by atoms with Crippen LogP contribution in [0.5, 0.6) is 0 Å². The number of hydrogen-bond donors (Lipinski definition) is 1. The summed E-state index contributed by atoms with van der Waals surface area (Å²) in [5, 5.41) is 4.18. The molecule has 3 heteroatoms. The molecule has 0 radical (unpaired) electrons. The van der Waals surface area contributed by atoms with Gasteiger partial charge in [-0.25, -0.2) is 0 Å². The summed E-state index contributed by atoms with van der Waals surface area (Å²) in [6, 6.07) is 0. The summed E-state index contributed by atoms with van der Waals surface area (Å²) in [4.78, 5) is 0. The predicted octanol–water partition coefficient (Wildman–Crippen LogP) is 1.01. The lowest BCUT2D eigenvalue weighted by Gasteiger charge is -1.99. The van der Waals surface area contributed by atoms with Crippen molar-refractivity contribution in [2.24, 2.45) is 12.8 Å². The molecule has 0 fully saturated rings. The normalized spacial score (nSPS) is 10.6. The first-order valence-corrected chi connectivity index (χ1v) is 4.43. The maximum absolute atomic E-state index is 5.42. The molecule has 0 saturated carbocycles. The Morgan fingerprint density at radius 1 is 1.50 bits per heavy atom. The Morgan fingerprint density at radius 2 is 2.25 bits per heavy atom. The monoisotopic (exact) mass is 167 g/mol. The molecule has 0 aliphatic heterocycles. The SMILES string of the molecule is Cc1c(CCCCN)cnn1C. The first kappa shape index (κ1) is 9.26. The minimum atomic E-state index is 0.791. The Kier molecular flexibility index (Phi) is 3.29. The lowest BCUT2D eigenvalue weighted by Crippen LogP contribution is -1.99. The van der Waals surface area contributed by atoms with Crippen molar-refractivity contribution in [3.63, 3.8) is 0 Å². The highest BCUT2D eigenvalue weighted by Gasteiger charge is 2.01. The average molecular weight is 167 g/mol. The molecule has 12 heavy (non-hydrogen) atoms. The molecular weight excluding hydrogens is 150 g/mol. The van der Waals surface area contributed by atoms with E-state index in [-0.39, 0.29) is 0 Å². The molecule has 0 aliphatic rings. The van der Waals surface area contributed by atoms with Crippen molar-refractivity contribution in [1.29, 1.82) is 0 Å². The molecule has 0 bridgehead atoms. The first-order valence-electron chi connectivity index (χ1n) is 4.43. The van der Waals surface area contributed by atoms with E-state index in [1.54, 1.807) is 0 Å². The number of unbranched alkanes of at least 4 members (excludes halogenated alkanes) is 1. The quantitative estimate of drug-likeness (QED) is 0.680. The molecule has 1 aromatic rings. The lowest BCUT2D eigenvalue weighted by atomic mass is 10.1. The van der Waals surface area contributed by atoms with Gasteiger partial charge in [-0.2, -0.15) is 5.10 Å². The van der Waals surface area contributed by atoms with Crippen LogP contribution in [0.4, 0.5) is 0 Å². The van der Waals surface area contributed by atoms with Crippen LogP contribution in [0.15, 0.2) is 6.20 Å². The second kappa shape index (κ2) is 4.26. The third-order valence-corrected chi connectivity index (χ3v) is 2.24. The predicted molar refractivity (Wildman–Crippen MR) is 49.9 cm³/mol. The molecular formula is C9H17N3. The van der Waals surface area contributed by atoms with Crippen LogP contribution in [0.2, 0.25) is 0 Å². The third kappa shape index (κ3) is 2.08. The van der Waals surface area contributed by atoms with E-state index in [0.717, 1.165) is 19.4 Å². The lowest BCUT2D eigenvalue weighted by molar-refractivity contribution is 0.723. The largest absolute Gasteiger partial charge is 0.330 e. The number of hydrogen-bond acceptors (Lipinski definition) is 2. The van der Waals surface area contributed by atoms with Crippen LogP contribution in [0, 0.1) is 6.92 Å². The van der Waals surface area contributed by atoms with Crippen molar-refractivity contribution in [2.45, 2.75) is 26.2 Å². The van der Waals surface area contributed by atoms with Crippen molar-refractivity contribution in [2.75, 3.05) is 6.54 Å². The summed E-state index contributed by atoms with van der Waals surface area (Å²) >= 11 is 0. The molecule has 0 spiro atoms. The Bertz CT molecular complexity index is 240. The van der Waals surface area contributed by atoms with Gasteiger partial charge >= 0.3 is 0 Å². The minimum Gasteiger partial charge on any atom is -0.330 e. The Labute approximate surface area is 73.6 Å². The summed E-state index contributed by atoms with van der Waals surface area (Å²) in [6.07, 6.45) is 5.33. The minimum absolute atomic E-state index is 0.791. The van der Waals surface area contributed by atoms with Crippen LogP contribution in [0.3, 0.4) is 0 Å². The number of rotatable bonds is 4. The van der Waals surface area contributed by atoms with Gasteiger partial charge < -0.3 is 5.73 Å². The van der Waals surface area contributed by atoms with E-state index in [1.807, 2.05) is 17.9 Å². The number of nitrogens with two attached hydrogens (primary N) is 1. The molecule has 0 saturated heterocycles. The fourth-order valence-corrected chi connectivity index (χ4v) is 1.25. The molecule has 0 aromatic carbocycles. The summed E-state index contributed by atoms with van der Waals surface area (Å²) in [5.74, 6) is 0. The van der Waals surface area contributed by atoms with Crippen LogP contribution in [0.25, 0.3) is 0 Å². The highest BCUT2D eigenvalue weighted by atomic mass is 15.3. The second-order valence-electron chi connectivity index (χ2n) is 3.12. The van der Waals surface area contributed by atoms with Crippen molar-refractivity contribution in [3.05, 3.63) is 17.5 Å². The highest BCUT2D eigenvalue weighted by molar-refractivity contribution is 5.15. The molecule has 68 valence electrons. The smallest absolute Gasteiger partial charge is 0.0524 e. The maximum Gasteiger partial charge on any atom is 0.0524 e. The van der Waals surface area contributed by atoms with Gasteiger partial charge in [-0.3, -0.25) is 4.68 Å². The van der Waals surface area contributed by atoms with Gasteiger partial charge in [0.05, 0.1) is 6.20 Å². The van der Waals surface area contributed by atoms with Gasteiger partial charge in [-0.15, -0.1) is 0 Å². The van der Waals surface area contributed by atoms with Crippen molar-refractivity contribution in [1.82, 2.24) is 9.78 Å². The zero-order chi connectivity index (χ0) is 8.97. The Morgan fingerprint density at radius 3 is 2.75 bits per heavy atom. The van der Waals surface area contributed by atoms with Crippen LogP contribution in [-0.4, -0.2) is 16.3 Å². The molecule has 3 nitrogen and oxygen atoms in total. The van der Waals surface area contributed by atoms with Crippen molar-refractivity contribution < 1.29 is 0 Å². The molecule has 0 amide bonds. The number of aromatic nitrogens is 2. The molecule has 1 heterocycles. The van der Waals surface area contributed by atoms with Gasteiger partial charge in [0.1, 0.15) is 0 Å². The van der Waals surface area contributed by atoms with Crippen LogP contribution < -0.4 is 5.73 Å².